The Bertz CT molecular complexity index is 1060. The molecule has 0 fully saturated rings. The standard InChI is InChI=1S/C27H27NO4/c1-19(2)22-12-9-21(10-13-22)11-18-26(29)31-20(3)27(30)28-23-14-16-25(17-15-23)32-24-7-5-4-6-8-24/h4-20H,1-3H3,(H,28,30). The molecule has 0 aliphatic carbocycles. The lowest BCUT2D eigenvalue weighted by Crippen LogP contribution is -2.29. The third-order valence-corrected chi connectivity index (χ3v) is 4.78. The lowest BCUT2D eigenvalue weighted by molar-refractivity contribution is -0.148. The van der Waals surface area contributed by atoms with Crippen LogP contribution < -0.4 is 10.1 Å². The molecule has 1 atom stereocenters. The molecule has 3 aromatic rings. The molecule has 0 aromatic heterocycles. The van der Waals surface area contributed by atoms with Gasteiger partial charge >= 0.3 is 5.97 Å². The number of hydrogen-bond acceptors (Lipinski definition) is 4. The minimum absolute atomic E-state index is 0.412. The van der Waals surface area contributed by atoms with E-state index in [0.717, 1.165) is 11.3 Å². The van der Waals surface area contributed by atoms with Gasteiger partial charge in [0, 0.05) is 11.8 Å². The van der Waals surface area contributed by atoms with E-state index in [0.29, 0.717) is 17.4 Å². The van der Waals surface area contributed by atoms with E-state index in [9.17, 15) is 9.59 Å². The summed E-state index contributed by atoms with van der Waals surface area (Å²) < 4.78 is 10.9. The smallest absolute Gasteiger partial charge is 0.331 e. The highest BCUT2D eigenvalue weighted by atomic mass is 16.5. The third-order valence-electron chi connectivity index (χ3n) is 4.78. The minimum Gasteiger partial charge on any atom is -0.457 e. The number of carbonyl (C=O) groups is 2. The van der Waals surface area contributed by atoms with Gasteiger partial charge in [-0.25, -0.2) is 4.79 Å². The highest BCUT2D eigenvalue weighted by molar-refractivity contribution is 5.96. The van der Waals surface area contributed by atoms with Crippen molar-refractivity contribution in [3.63, 3.8) is 0 Å². The summed E-state index contributed by atoms with van der Waals surface area (Å²) in [6.45, 7) is 5.79. The monoisotopic (exact) mass is 429 g/mol. The average Bonchev–Trinajstić information content (AvgIpc) is 2.80. The van der Waals surface area contributed by atoms with Crippen molar-refractivity contribution >= 4 is 23.6 Å². The topological polar surface area (TPSA) is 64.6 Å². The van der Waals surface area contributed by atoms with Crippen molar-refractivity contribution < 1.29 is 19.1 Å². The van der Waals surface area contributed by atoms with E-state index in [1.54, 1.807) is 30.3 Å². The Hall–Kier alpha value is -3.86. The summed E-state index contributed by atoms with van der Waals surface area (Å²) in [6, 6.07) is 24.3. The predicted molar refractivity (Wildman–Crippen MR) is 127 cm³/mol. The van der Waals surface area contributed by atoms with Crippen molar-refractivity contribution in [2.24, 2.45) is 0 Å². The number of benzene rings is 3. The maximum atomic E-state index is 12.4. The van der Waals surface area contributed by atoms with Gasteiger partial charge in [0.05, 0.1) is 0 Å². The first-order valence-corrected chi connectivity index (χ1v) is 10.5. The Kier molecular flexibility index (Phi) is 7.81. The zero-order valence-electron chi connectivity index (χ0n) is 18.4. The van der Waals surface area contributed by atoms with E-state index in [2.05, 4.69) is 19.2 Å². The second-order valence-corrected chi connectivity index (χ2v) is 7.66. The SMILES string of the molecule is CC(OC(=O)C=Cc1ccc(C(C)C)cc1)C(=O)Nc1ccc(Oc2ccccc2)cc1. The fraction of sp³-hybridized carbons (Fsp3) is 0.185. The van der Waals surface area contributed by atoms with Crippen molar-refractivity contribution in [3.05, 3.63) is 96.1 Å². The number of hydrogen-bond donors (Lipinski definition) is 1. The lowest BCUT2D eigenvalue weighted by Gasteiger charge is -2.13. The number of esters is 1. The van der Waals surface area contributed by atoms with Crippen molar-refractivity contribution in [2.75, 3.05) is 5.32 Å². The van der Waals surface area contributed by atoms with Crippen LogP contribution in [0.25, 0.3) is 6.08 Å². The van der Waals surface area contributed by atoms with Crippen LogP contribution in [0.5, 0.6) is 11.5 Å². The van der Waals surface area contributed by atoms with E-state index < -0.39 is 18.0 Å². The maximum Gasteiger partial charge on any atom is 0.331 e. The first kappa shape index (κ1) is 22.8. The van der Waals surface area contributed by atoms with Crippen molar-refractivity contribution in [3.8, 4) is 11.5 Å². The van der Waals surface area contributed by atoms with Crippen LogP contribution in [0.1, 0.15) is 37.8 Å². The molecule has 0 radical (unpaired) electrons. The number of carbonyl (C=O) groups excluding carboxylic acids is 2. The average molecular weight is 430 g/mol. The number of anilines is 1. The molecule has 0 spiro atoms. The molecule has 32 heavy (non-hydrogen) atoms. The molecule has 5 nitrogen and oxygen atoms in total. The van der Waals surface area contributed by atoms with Gasteiger partial charge in [0.25, 0.3) is 5.91 Å². The molecule has 3 aromatic carbocycles. The molecule has 0 bridgehead atoms. The molecule has 164 valence electrons. The Morgan fingerprint density at radius 2 is 1.44 bits per heavy atom. The van der Waals surface area contributed by atoms with Gasteiger partial charge in [0.2, 0.25) is 0 Å². The van der Waals surface area contributed by atoms with Crippen LogP contribution in [-0.4, -0.2) is 18.0 Å². The van der Waals surface area contributed by atoms with E-state index in [1.165, 1.54) is 18.6 Å². The van der Waals surface area contributed by atoms with Crippen LogP contribution >= 0.6 is 0 Å². The first-order chi connectivity index (χ1) is 15.4. The van der Waals surface area contributed by atoms with Crippen LogP contribution in [0, 0.1) is 0 Å². The fourth-order valence-corrected chi connectivity index (χ4v) is 2.90. The van der Waals surface area contributed by atoms with E-state index in [-0.39, 0.29) is 0 Å². The summed E-state index contributed by atoms with van der Waals surface area (Å²) in [5.74, 6) is 0.843. The van der Waals surface area contributed by atoms with Gasteiger partial charge in [-0.05, 0) is 66.4 Å². The van der Waals surface area contributed by atoms with E-state index in [1.807, 2.05) is 54.6 Å². The summed E-state index contributed by atoms with van der Waals surface area (Å²) in [5, 5.41) is 2.73. The predicted octanol–water partition coefficient (Wildman–Crippen LogP) is 6.19. The van der Waals surface area contributed by atoms with Gasteiger partial charge in [0.15, 0.2) is 6.10 Å². The zero-order valence-corrected chi connectivity index (χ0v) is 18.4. The van der Waals surface area contributed by atoms with Crippen molar-refractivity contribution in [2.45, 2.75) is 32.8 Å². The molecule has 0 aliphatic heterocycles. The molecule has 0 saturated heterocycles. The van der Waals surface area contributed by atoms with Crippen LogP contribution in [-0.2, 0) is 14.3 Å². The molecule has 5 heteroatoms. The summed E-state index contributed by atoms with van der Waals surface area (Å²) in [4.78, 5) is 24.4. The second-order valence-electron chi connectivity index (χ2n) is 7.66. The molecule has 0 aliphatic rings. The maximum absolute atomic E-state index is 12.4. The highest BCUT2D eigenvalue weighted by Crippen LogP contribution is 2.22. The van der Waals surface area contributed by atoms with Gasteiger partial charge in [-0.15, -0.1) is 0 Å². The second kappa shape index (κ2) is 11.0. The fourth-order valence-electron chi connectivity index (χ4n) is 2.90. The third kappa shape index (κ3) is 6.84. The Labute approximate surface area is 188 Å². The van der Waals surface area contributed by atoms with E-state index in [4.69, 9.17) is 9.47 Å². The number of rotatable bonds is 8. The largest absolute Gasteiger partial charge is 0.457 e. The number of amides is 1. The summed E-state index contributed by atoms with van der Waals surface area (Å²) in [6.07, 6.45) is 2.06. The van der Waals surface area contributed by atoms with Crippen molar-refractivity contribution in [1.82, 2.24) is 0 Å². The summed E-state index contributed by atoms with van der Waals surface area (Å²) in [7, 11) is 0. The number of nitrogens with one attached hydrogen (secondary N) is 1. The van der Waals surface area contributed by atoms with Crippen LogP contribution in [0.4, 0.5) is 5.69 Å². The molecule has 1 unspecified atom stereocenters. The van der Waals surface area contributed by atoms with Gasteiger partial charge in [-0.1, -0.05) is 56.3 Å². The summed E-state index contributed by atoms with van der Waals surface area (Å²) in [5.41, 5.74) is 2.70. The van der Waals surface area contributed by atoms with Crippen LogP contribution in [0.2, 0.25) is 0 Å². The van der Waals surface area contributed by atoms with Crippen LogP contribution in [0.15, 0.2) is 84.9 Å². The Morgan fingerprint density at radius 1 is 0.812 bits per heavy atom. The van der Waals surface area contributed by atoms with Crippen molar-refractivity contribution in [1.29, 1.82) is 0 Å². The highest BCUT2D eigenvalue weighted by Gasteiger charge is 2.16. The zero-order chi connectivity index (χ0) is 22.9. The Balaban J connectivity index is 1.49. The molecular formula is C27H27NO4. The van der Waals surface area contributed by atoms with Gasteiger partial charge in [-0.3, -0.25) is 4.79 Å². The van der Waals surface area contributed by atoms with Crippen LogP contribution in [0.3, 0.4) is 0 Å². The normalized spacial score (nSPS) is 11.9. The minimum atomic E-state index is -0.935. The van der Waals surface area contributed by atoms with E-state index >= 15 is 0 Å². The number of para-hydroxylation sites is 1. The quantitative estimate of drug-likeness (QED) is 0.343. The molecular weight excluding hydrogens is 402 g/mol. The molecule has 0 heterocycles. The molecule has 1 N–H and O–H groups in total. The molecule has 0 saturated carbocycles. The van der Waals surface area contributed by atoms with Gasteiger partial charge in [-0.2, -0.15) is 0 Å². The summed E-state index contributed by atoms with van der Waals surface area (Å²) >= 11 is 0. The molecule has 1 amide bonds. The van der Waals surface area contributed by atoms with Gasteiger partial charge in [0.1, 0.15) is 11.5 Å². The van der Waals surface area contributed by atoms with Gasteiger partial charge < -0.3 is 14.8 Å². The Morgan fingerprint density at radius 3 is 2.06 bits per heavy atom. The first-order valence-electron chi connectivity index (χ1n) is 10.5. The lowest BCUT2D eigenvalue weighted by atomic mass is 10.0. The molecule has 3 rings (SSSR count). The number of ether oxygens (including phenoxy) is 2.